The first-order chi connectivity index (χ1) is 11.2. The lowest BCUT2D eigenvalue weighted by atomic mass is 10.1. The topological polar surface area (TPSA) is 133 Å². The number of carbonyl (C=O) groups is 3. The highest BCUT2D eigenvalue weighted by Crippen LogP contribution is 2.23. The van der Waals surface area contributed by atoms with Gasteiger partial charge in [-0.25, -0.2) is 17.9 Å². The Bertz CT molecular complexity index is 775. The third-order valence-corrected chi connectivity index (χ3v) is 4.64. The summed E-state index contributed by atoms with van der Waals surface area (Å²) in [5.41, 5.74) is 4.72. The lowest BCUT2D eigenvalue weighted by molar-refractivity contribution is -0.137. The van der Waals surface area contributed by atoms with E-state index < -0.39 is 27.9 Å². The Hall–Kier alpha value is -2.23. The first kappa shape index (κ1) is 19.8. The molecule has 3 N–H and O–H groups in total. The second kappa shape index (κ2) is 8.57. The second-order valence-electron chi connectivity index (χ2n) is 4.50. The number of Topliss-reactive ketones (excluding diaryl/α,β-unsaturated/α-hetero) is 1. The van der Waals surface area contributed by atoms with E-state index in [9.17, 15) is 22.8 Å². The summed E-state index contributed by atoms with van der Waals surface area (Å²) in [6.45, 7) is 3.39. The molecule has 1 amide bonds. The number of primary amides is 1. The molecule has 0 aromatic heterocycles. The van der Waals surface area contributed by atoms with E-state index in [2.05, 4.69) is 21.8 Å². The molecule has 8 nitrogen and oxygen atoms in total. The quantitative estimate of drug-likeness (QED) is 0.306. The van der Waals surface area contributed by atoms with E-state index in [4.69, 9.17) is 11.6 Å². The highest BCUT2D eigenvalue weighted by atomic mass is 35.5. The van der Waals surface area contributed by atoms with Crippen LogP contribution in [0.15, 0.2) is 35.7 Å². The Morgan fingerprint density at radius 2 is 1.96 bits per heavy atom. The Balaban J connectivity index is 2.92. The molecule has 0 saturated heterocycles. The minimum atomic E-state index is -3.91. The monoisotopic (exact) mass is 374 g/mol. The van der Waals surface area contributed by atoms with Crippen LogP contribution in [0.2, 0.25) is 5.02 Å². The highest BCUT2D eigenvalue weighted by Gasteiger charge is 2.20. The first-order valence-corrected chi connectivity index (χ1v) is 8.47. The normalized spacial score (nSPS) is 10.9. The van der Waals surface area contributed by atoms with Crippen LogP contribution in [0.25, 0.3) is 0 Å². The Labute approximate surface area is 143 Å². The van der Waals surface area contributed by atoms with E-state index in [-0.39, 0.29) is 34.9 Å². The van der Waals surface area contributed by atoms with Crippen LogP contribution in [0.4, 0.5) is 4.79 Å². The van der Waals surface area contributed by atoms with E-state index in [1.54, 1.807) is 0 Å². The molecule has 0 saturated carbocycles. The van der Waals surface area contributed by atoms with Crippen molar-refractivity contribution in [2.75, 3.05) is 6.54 Å². The summed E-state index contributed by atoms with van der Waals surface area (Å²) in [4.78, 5) is 33.4. The summed E-state index contributed by atoms with van der Waals surface area (Å²) in [5, 5.41) is -0.0590. The van der Waals surface area contributed by atoms with Gasteiger partial charge >= 0.3 is 12.1 Å². The van der Waals surface area contributed by atoms with Gasteiger partial charge in [-0.05, 0) is 18.2 Å². The summed E-state index contributed by atoms with van der Waals surface area (Å²) in [7, 11) is -3.91. The average molecular weight is 375 g/mol. The van der Waals surface area contributed by atoms with Crippen LogP contribution in [-0.2, 0) is 19.6 Å². The molecule has 0 aliphatic heterocycles. The van der Waals surface area contributed by atoms with Gasteiger partial charge in [-0.2, -0.15) is 0 Å². The average Bonchev–Trinajstić information content (AvgIpc) is 2.50. The number of hydrogen-bond acceptors (Lipinski definition) is 6. The van der Waals surface area contributed by atoms with Crippen LogP contribution in [0.5, 0.6) is 0 Å². The van der Waals surface area contributed by atoms with Crippen molar-refractivity contribution < 1.29 is 27.5 Å². The molecule has 0 aliphatic rings. The molecule has 0 unspecified atom stereocenters. The van der Waals surface area contributed by atoms with Crippen LogP contribution in [-0.4, -0.2) is 32.8 Å². The molecule has 1 aromatic carbocycles. The number of esters is 1. The zero-order valence-electron chi connectivity index (χ0n) is 12.5. The summed E-state index contributed by atoms with van der Waals surface area (Å²) in [6, 6.07) is 3.70. The van der Waals surface area contributed by atoms with Gasteiger partial charge in [0.05, 0.1) is 11.4 Å². The maximum absolute atomic E-state index is 12.1. The Kier molecular flexibility index (Phi) is 7.08. The molecule has 1 rings (SSSR count). The molecule has 0 aliphatic carbocycles. The number of rotatable bonds is 8. The number of ketones is 1. The van der Waals surface area contributed by atoms with Crippen molar-refractivity contribution >= 4 is 39.5 Å². The molecule has 0 heterocycles. The first-order valence-electron chi connectivity index (χ1n) is 6.61. The zero-order valence-corrected chi connectivity index (χ0v) is 14.0. The number of nitrogens with two attached hydrogens (primary N) is 1. The lowest BCUT2D eigenvalue weighted by Gasteiger charge is -2.09. The van der Waals surface area contributed by atoms with Gasteiger partial charge in [0.2, 0.25) is 10.0 Å². The molecule has 130 valence electrons. The molecular weight excluding hydrogens is 360 g/mol. The Morgan fingerprint density at radius 1 is 1.29 bits per heavy atom. The van der Waals surface area contributed by atoms with Crippen LogP contribution < -0.4 is 10.5 Å². The fraction of sp³-hybridized carbons (Fsp3) is 0.214. The molecule has 10 heteroatoms. The van der Waals surface area contributed by atoms with Crippen LogP contribution in [0.1, 0.15) is 23.2 Å². The van der Waals surface area contributed by atoms with Gasteiger partial charge < -0.3 is 10.5 Å². The number of benzene rings is 1. The van der Waals surface area contributed by atoms with E-state index in [1.807, 2.05) is 0 Å². The molecule has 0 spiro atoms. The van der Waals surface area contributed by atoms with E-state index in [0.717, 1.165) is 6.07 Å². The maximum atomic E-state index is 12.1. The van der Waals surface area contributed by atoms with Gasteiger partial charge in [0.15, 0.2) is 5.78 Å². The standard InChI is InChI=1S/C14H15ClN2O6S/c1-2-7-17-24(21,22)12-8-9(3-4-10(12)15)11(18)5-6-13(19)23-14(16)20/h2-4,8,17H,1,5-7H2,(H2,16,20). The minimum Gasteiger partial charge on any atom is -0.376 e. The molecule has 0 fully saturated rings. The van der Waals surface area contributed by atoms with Crippen molar-refractivity contribution in [2.24, 2.45) is 5.73 Å². The van der Waals surface area contributed by atoms with Gasteiger partial charge in [0.25, 0.3) is 0 Å². The highest BCUT2D eigenvalue weighted by molar-refractivity contribution is 7.89. The molecule has 0 bridgehead atoms. The van der Waals surface area contributed by atoms with Crippen LogP contribution in [0, 0.1) is 0 Å². The second-order valence-corrected chi connectivity index (χ2v) is 6.64. The fourth-order valence-electron chi connectivity index (χ4n) is 1.65. The number of sulfonamides is 1. The number of amides is 1. The van der Waals surface area contributed by atoms with Crippen LogP contribution >= 0.6 is 11.6 Å². The largest absolute Gasteiger partial charge is 0.412 e. The van der Waals surface area contributed by atoms with Gasteiger partial charge in [-0.1, -0.05) is 17.7 Å². The predicted molar refractivity (Wildman–Crippen MR) is 86.1 cm³/mol. The SMILES string of the molecule is C=CCNS(=O)(=O)c1cc(C(=O)CCC(=O)OC(N)=O)ccc1Cl. The molecule has 0 atom stereocenters. The van der Waals surface area contributed by atoms with Crippen molar-refractivity contribution in [3.63, 3.8) is 0 Å². The van der Waals surface area contributed by atoms with Crippen LogP contribution in [0.3, 0.4) is 0 Å². The van der Waals surface area contributed by atoms with Gasteiger partial charge in [-0.15, -0.1) is 6.58 Å². The van der Waals surface area contributed by atoms with E-state index in [0.29, 0.717) is 0 Å². The summed E-state index contributed by atoms with van der Waals surface area (Å²) in [5.74, 6) is -1.47. The van der Waals surface area contributed by atoms with Crippen molar-refractivity contribution in [1.82, 2.24) is 4.72 Å². The lowest BCUT2D eigenvalue weighted by Crippen LogP contribution is -2.24. The summed E-state index contributed by atoms with van der Waals surface area (Å²) in [6.07, 6.45) is -0.570. The van der Waals surface area contributed by atoms with Crippen molar-refractivity contribution in [1.29, 1.82) is 0 Å². The molecule has 24 heavy (non-hydrogen) atoms. The third-order valence-electron chi connectivity index (χ3n) is 2.73. The Morgan fingerprint density at radius 3 is 2.54 bits per heavy atom. The number of halogens is 1. The predicted octanol–water partition coefficient (Wildman–Crippen LogP) is 1.39. The third kappa shape index (κ3) is 5.76. The van der Waals surface area contributed by atoms with Gasteiger partial charge in [-0.3, -0.25) is 9.59 Å². The van der Waals surface area contributed by atoms with Crippen molar-refractivity contribution in [3.8, 4) is 0 Å². The van der Waals surface area contributed by atoms with E-state index in [1.165, 1.54) is 18.2 Å². The number of ether oxygens (including phenoxy) is 1. The summed E-state index contributed by atoms with van der Waals surface area (Å²) < 4.78 is 30.5. The molecular formula is C14H15ClN2O6S. The number of nitrogens with one attached hydrogen (secondary N) is 1. The van der Waals surface area contributed by atoms with Gasteiger partial charge in [0.1, 0.15) is 4.90 Å². The molecule has 0 radical (unpaired) electrons. The molecule has 1 aromatic rings. The number of carbonyl (C=O) groups excluding carboxylic acids is 3. The maximum Gasteiger partial charge on any atom is 0.412 e. The smallest absolute Gasteiger partial charge is 0.376 e. The van der Waals surface area contributed by atoms with E-state index >= 15 is 0 Å². The summed E-state index contributed by atoms with van der Waals surface area (Å²) >= 11 is 5.87. The van der Waals surface area contributed by atoms with Gasteiger partial charge in [0, 0.05) is 18.5 Å². The zero-order chi connectivity index (χ0) is 18.3. The fourth-order valence-corrected chi connectivity index (χ4v) is 3.17. The number of hydrogen-bond donors (Lipinski definition) is 2. The van der Waals surface area contributed by atoms with Crippen molar-refractivity contribution in [3.05, 3.63) is 41.4 Å². The van der Waals surface area contributed by atoms with Crippen molar-refractivity contribution in [2.45, 2.75) is 17.7 Å². The minimum absolute atomic E-state index is 0.00417.